The lowest BCUT2D eigenvalue weighted by Gasteiger charge is -2.08. The van der Waals surface area contributed by atoms with Crippen LogP contribution in [0.15, 0.2) is 54.2 Å². The summed E-state index contributed by atoms with van der Waals surface area (Å²) in [4.78, 5) is 23.8. The van der Waals surface area contributed by atoms with Crippen LogP contribution in [0.2, 0.25) is 0 Å². The Kier molecular flexibility index (Phi) is 5.57. The van der Waals surface area contributed by atoms with Crippen molar-refractivity contribution >= 4 is 17.9 Å². The quantitative estimate of drug-likeness (QED) is 0.794. The molecule has 0 unspecified atom stereocenters. The standard InChI is InChI=1S/C18H18N2O4/c1-23-14-7-3-12(4-8-14)11-16(17(19)21)20-18(22)13-5-9-15(24-2)10-6-13/h3-11H,1-2H3,(H2,19,21)(H,20,22)/b16-11+. The first-order valence-corrected chi connectivity index (χ1v) is 7.14. The summed E-state index contributed by atoms with van der Waals surface area (Å²) >= 11 is 0. The average molecular weight is 326 g/mol. The van der Waals surface area contributed by atoms with Crippen molar-refractivity contribution in [3.63, 3.8) is 0 Å². The van der Waals surface area contributed by atoms with Crippen LogP contribution in [0.1, 0.15) is 15.9 Å². The summed E-state index contributed by atoms with van der Waals surface area (Å²) in [6.07, 6.45) is 1.50. The van der Waals surface area contributed by atoms with Gasteiger partial charge in [-0.3, -0.25) is 9.59 Å². The van der Waals surface area contributed by atoms with Crippen molar-refractivity contribution in [3.05, 3.63) is 65.4 Å². The second-order valence-electron chi connectivity index (χ2n) is 4.88. The molecule has 0 aliphatic rings. The molecule has 0 radical (unpaired) electrons. The molecule has 24 heavy (non-hydrogen) atoms. The maximum absolute atomic E-state index is 12.2. The van der Waals surface area contributed by atoms with Gasteiger partial charge in [-0.2, -0.15) is 0 Å². The van der Waals surface area contributed by atoms with Crippen LogP contribution in [0, 0.1) is 0 Å². The lowest BCUT2D eigenvalue weighted by molar-refractivity contribution is -0.114. The highest BCUT2D eigenvalue weighted by molar-refractivity contribution is 6.04. The van der Waals surface area contributed by atoms with Crippen molar-refractivity contribution < 1.29 is 19.1 Å². The van der Waals surface area contributed by atoms with Gasteiger partial charge in [0, 0.05) is 5.56 Å². The summed E-state index contributed by atoms with van der Waals surface area (Å²) in [5, 5.41) is 2.52. The highest BCUT2D eigenvalue weighted by atomic mass is 16.5. The highest BCUT2D eigenvalue weighted by Crippen LogP contribution is 2.14. The number of hydrogen-bond donors (Lipinski definition) is 2. The third-order valence-corrected chi connectivity index (χ3v) is 3.29. The summed E-state index contributed by atoms with van der Waals surface area (Å²) in [6.45, 7) is 0. The summed E-state index contributed by atoms with van der Waals surface area (Å²) in [7, 11) is 3.10. The average Bonchev–Trinajstić information content (AvgIpc) is 2.61. The number of hydrogen-bond acceptors (Lipinski definition) is 4. The molecule has 0 bridgehead atoms. The minimum absolute atomic E-state index is 0.000912. The molecule has 3 N–H and O–H groups in total. The molecule has 2 aromatic rings. The van der Waals surface area contributed by atoms with Gasteiger partial charge in [-0.1, -0.05) is 12.1 Å². The minimum Gasteiger partial charge on any atom is -0.497 e. The summed E-state index contributed by atoms with van der Waals surface area (Å²) in [5.41, 5.74) is 6.44. The van der Waals surface area contributed by atoms with Gasteiger partial charge in [-0.25, -0.2) is 0 Å². The van der Waals surface area contributed by atoms with Gasteiger partial charge in [-0.15, -0.1) is 0 Å². The number of rotatable bonds is 6. The number of nitrogens with one attached hydrogen (secondary N) is 1. The van der Waals surface area contributed by atoms with Crippen LogP contribution < -0.4 is 20.5 Å². The predicted molar refractivity (Wildman–Crippen MR) is 90.6 cm³/mol. The molecule has 124 valence electrons. The Morgan fingerprint density at radius 1 is 0.917 bits per heavy atom. The molecule has 0 saturated heterocycles. The summed E-state index contributed by atoms with van der Waals surface area (Å²) in [5.74, 6) is 0.161. The van der Waals surface area contributed by atoms with Crippen molar-refractivity contribution in [1.82, 2.24) is 5.32 Å². The lowest BCUT2D eigenvalue weighted by atomic mass is 10.1. The normalized spacial score (nSPS) is 10.8. The van der Waals surface area contributed by atoms with E-state index in [1.807, 2.05) is 0 Å². The highest BCUT2D eigenvalue weighted by Gasteiger charge is 2.12. The molecule has 2 aromatic carbocycles. The minimum atomic E-state index is -0.729. The van der Waals surface area contributed by atoms with Gasteiger partial charge in [0.25, 0.3) is 11.8 Å². The van der Waals surface area contributed by atoms with E-state index in [2.05, 4.69) is 5.32 Å². The molecular formula is C18H18N2O4. The van der Waals surface area contributed by atoms with Gasteiger partial charge >= 0.3 is 0 Å². The zero-order valence-corrected chi connectivity index (χ0v) is 13.4. The molecule has 0 fully saturated rings. The van der Waals surface area contributed by atoms with Gasteiger partial charge < -0.3 is 20.5 Å². The van der Waals surface area contributed by atoms with Gasteiger partial charge in [0.05, 0.1) is 14.2 Å². The van der Waals surface area contributed by atoms with Crippen molar-refractivity contribution in [2.24, 2.45) is 5.73 Å². The van der Waals surface area contributed by atoms with Crippen molar-refractivity contribution in [2.75, 3.05) is 14.2 Å². The van der Waals surface area contributed by atoms with Gasteiger partial charge in [-0.05, 0) is 48.0 Å². The van der Waals surface area contributed by atoms with Gasteiger partial charge in [0.15, 0.2) is 0 Å². The lowest BCUT2D eigenvalue weighted by Crippen LogP contribution is -2.31. The molecule has 6 heteroatoms. The van der Waals surface area contributed by atoms with E-state index in [0.717, 1.165) is 0 Å². The van der Waals surface area contributed by atoms with Crippen LogP contribution in [0.3, 0.4) is 0 Å². The predicted octanol–water partition coefficient (Wildman–Crippen LogP) is 1.96. The number of nitrogens with two attached hydrogens (primary N) is 1. The number of amides is 2. The Balaban J connectivity index is 2.18. The van der Waals surface area contributed by atoms with E-state index in [0.29, 0.717) is 22.6 Å². The molecule has 0 aliphatic carbocycles. The smallest absolute Gasteiger partial charge is 0.265 e. The Morgan fingerprint density at radius 2 is 1.42 bits per heavy atom. The number of carbonyl (C=O) groups excluding carboxylic acids is 2. The molecule has 6 nitrogen and oxygen atoms in total. The maximum atomic E-state index is 12.2. The van der Waals surface area contributed by atoms with E-state index in [1.165, 1.54) is 13.2 Å². The van der Waals surface area contributed by atoms with Crippen LogP contribution in [0.25, 0.3) is 6.08 Å². The van der Waals surface area contributed by atoms with Crippen LogP contribution in [-0.4, -0.2) is 26.0 Å². The first kappa shape index (κ1) is 17.1. The van der Waals surface area contributed by atoms with Crippen LogP contribution in [0.4, 0.5) is 0 Å². The van der Waals surface area contributed by atoms with E-state index >= 15 is 0 Å². The number of methoxy groups -OCH3 is 2. The second kappa shape index (κ2) is 7.82. The van der Waals surface area contributed by atoms with Crippen molar-refractivity contribution in [1.29, 1.82) is 0 Å². The molecular weight excluding hydrogens is 308 g/mol. The molecule has 0 heterocycles. The Bertz CT molecular complexity index is 750. The fraction of sp³-hybridized carbons (Fsp3) is 0.111. The third-order valence-electron chi connectivity index (χ3n) is 3.29. The van der Waals surface area contributed by atoms with Crippen LogP contribution in [0.5, 0.6) is 11.5 Å². The number of benzene rings is 2. The summed E-state index contributed by atoms with van der Waals surface area (Å²) in [6, 6.07) is 13.5. The van der Waals surface area contributed by atoms with E-state index < -0.39 is 11.8 Å². The van der Waals surface area contributed by atoms with E-state index in [1.54, 1.807) is 55.6 Å². The molecule has 2 rings (SSSR count). The molecule has 2 amide bonds. The number of ether oxygens (including phenoxy) is 2. The van der Waals surface area contributed by atoms with Crippen LogP contribution >= 0.6 is 0 Å². The van der Waals surface area contributed by atoms with Crippen LogP contribution in [-0.2, 0) is 4.79 Å². The SMILES string of the molecule is COc1ccc(/C=C(/NC(=O)c2ccc(OC)cc2)C(N)=O)cc1. The van der Waals surface area contributed by atoms with E-state index in [4.69, 9.17) is 15.2 Å². The van der Waals surface area contributed by atoms with E-state index in [9.17, 15) is 9.59 Å². The molecule has 0 saturated carbocycles. The maximum Gasteiger partial charge on any atom is 0.265 e. The zero-order chi connectivity index (χ0) is 17.5. The van der Waals surface area contributed by atoms with Gasteiger partial charge in [0.1, 0.15) is 17.2 Å². The van der Waals surface area contributed by atoms with Gasteiger partial charge in [0.2, 0.25) is 0 Å². The first-order chi connectivity index (χ1) is 11.5. The zero-order valence-electron chi connectivity index (χ0n) is 13.4. The van der Waals surface area contributed by atoms with E-state index in [-0.39, 0.29) is 5.70 Å². The number of primary amides is 1. The topological polar surface area (TPSA) is 90.7 Å². The number of carbonyl (C=O) groups is 2. The molecule has 0 spiro atoms. The monoisotopic (exact) mass is 326 g/mol. The third kappa shape index (κ3) is 4.36. The second-order valence-corrected chi connectivity index (χ2v) is 4.88. The Labute approximate surface area is 139 Å². The fourth-order valence-electron chi connectivity index (χ4n) is 1.97. The fourth-order valence-corrected chi connectivity index (χ4v) is 1.97. The van der Waals surface area contributed by atoms with Crippen molar-refractivity contribution in [3.8, 4) is 11.5 Å². The largest absolute Gasteiger partial charge is 0.497 e. The molecule has 0 aromatic heterocycles. The Hall–Kier alpha value is -3.28. The Morgan fingerprint density at radius 3 is 1.88 bits per heavy atom. The summed E-state index contributed by atoms with van der Waals surface area (Å²) < 4.78 is 10.1. The molecule has 0 atom stereocenters. The first-order valence-electron chi connectivity index (χ1n) is 7.14. The molecule has 0 aliphatic heterocycles. The van der Waals surface area contributed by atoms with Crippen molar-refractivity contribution in [2.45, 2.75) is 0 Å².